The van der Waals surface area contributed by atoms with Gasteiger partial charge in [-0.05, 0) is 24.4 Å². The van der Waals surface area contributed by atoms with Gasteiger partial charge in [0.1, 0.15) is 5.52 Å². The number of aromatic amines is 1. The number of anilines is 1. The van der Waals surface area contributed by atoms with Crippen molar-refractivity contribution in [1.29, 1.82) is 0 Å². The molecule has 0 spiro atoms. The van der Waals surface area contributed by atoms with Gasteiger partial charge < -0.3 is 9.88 Å². The molecule has 0 atom stereocenters. The zero-order chi connectivity index (χ0) is 14.2. The number of piperazine rings is 1. The lowest BCUT2D eigenvalue weighted by Crippen LogP contribution is -2.50. The highest BCUT2D eigenvalue weighted by molar-refractivity contribution is 6.28. The first-order chi connectivity index (χ1) is 10.3. The predicted octanol–water partition coefficient (Wildman–Crippen LogP) is 2.07. The fraction of sp³-hybridized carbons (Fsp3) is 0.643. The monoisotopic (exact) mass is 306 g/mol. The van der Waals surface area contributed by atoms with Crippen LogP contribution in [-0.4, -0.2) is 57.1 Å². The number of H-pyrrole nitrogens is 1. The van der Waals surface area contributed by atoms with Crippen LogP contribution in [0.25, 0.3) is 11.2 Å². The van der Waals surface area contributed by atoms with Crippen molar-refractivity contribution in [2.45, 2.75) is 31.7 Å². The van der Waals surface area contributed by atoms with Gasteiger partial charge in [-0.3, -0.25) is 4.90 Å². The van der Waals surface area contributed by atoms with E-state index in [1.165, 1.54) is 25.7 Å². The molecule has 0 unspecified atom stereocenters. The van der Waals surface area contributed by atoms with E-state index in [2.05, 4.69) is 29.7 Å². The summed E-state index contributed by atoms with van der Waals surface area (Å²) in [5.74, 6) is 0.883. The fourth-order valence-corrected chi connectivity index (χ4v) is 3.75. The highest BCUT2D eigenvalue weighted by atomic mass is 35.5. The summed E-state index contributed by atoms with van der Waals surface area (Å²) >= 11 is 6.02. The van der Waals surface area contributed by atoms with Crippen LogP contribution < -0.4 is 4.90 Å². The van der Waals surface area contributed by atoms with E-state index < -0.39 is 0 Å². The van der Waals surface area contributed by atoms with Crippen LogP contribution >= 0.6 is 11.6 Å². The number of hydrogen-bond acceptors (Lipinski definition) is 5. The minimum Gasteiger partial charge on any atom is -0.352 e. The minimum atomic E-state index is 0.267. The highest BCUT2D eigenvalue weighted by Gasteiger charge is 2.27. The molecular formula is C14H19ClN6. The Morgan fingerprint density at radius 2 is 1.86 bits per heavy atom. The topological polar surface area (TPSA) is 60.9 Å². The van der Waals surface area contributed by atoms with E-state index in [-0.39, 0.29) is 5.28 Å². The number of rotatable bonds is 2. The minimum absolute atomic E-state index is 0.267. The lowest BCUT2D eigenvalue weighted by molar-refractivity contribution is 0.187. The average Bonchev–Trinajstić information content (AvgIpc) is 3.17. The fourth-order valence-electron chi connectivity index (χ4n) is 3.59. The molecule has 7 heteroatoms. The van der Waals surface area contributed by atoms with Gasteiger partial charge in [0.2, 0.25) is 5.28 Å². The summed E-state index contributed by atoms with van der Waals surface area (Å²) in [5, 5.41) is 0.267. The van der Waals surface area contributed by atoms with E-state index in [0.717, 1.165) is 43.6 Å². The van der Waals surface area contributed by atoms with Gasteiger partial charge in [0.25, 0.3) is 0 Å². The molecule has 1 saturated carbocycles. The Bertz CT molecular complexity index is 627. The second kappa shape index (κ2) is 5.42. The van der Waals surface area contributed by atoms with Gasteiger partial charge in [-0.15, -0.1) is 0 Å². The van der Waals surface area contributed by atoms with E-state index in [9.17, 15) is 0 Å². The van der Waals surface area contributed by atoms with Crippen LogP contribution in [0.2, 0.25) is 5.28 Å². The predicted molar refractivity (Wildman–Crippen MR) is 82.7 cm³/mol. The number of fused-ring (bicyclic) bond motifs is 1. The lowest BCUT2D eigenvalue weighted by Gasteiger charge is -2.38. The second-order valence-electron chi connectivity index (χ2n) is 5.88. The molecule has 4 rings (SSSR count). The largest absolute Gasteiger partial charge is 0.352 e. The third kappa shape index (κ3) is 2.46. The summed E-state index contributed by atoms with van der Waals surface area (Å²) in [4.78, 5) is 20.8. The quantitative estimate of drug-likeness (QED) is 0.861. The summed E-state index contributed by atoms with van der Waals surface area (Å²) in [5.41, 5.74) is 1.52. The van der Waals surface area contributed by atoms with Crippen LogP contribution in [0, 0.1) is 0 Å². The Morgan fingerprint density at radius 3 is 2.62 bits per heavy atom. The molecular weight excluding hydrogens is 288 g/mol. The Hall–Kier alpha value is -1.40. The standard InChI is InChI=1S/C14H19ClN6/c15-14-18-12-11(16-9-17-12)13(19-14)21-7-5-20(6-8-21)10-3-1-2-4-10/h9-10H,1-8H2,(H,16,17,18,19). The smallest absolute Gasteiger partial charge is 0.226 e. The van der Waals surface area contributed by atoms with Gasteiger partial charge in [-0.1, -0.05) is 12.8 Å². The summed E-state index contributed by atoms with van der Waals surface area (Å²) in [6.07, 6.45) is 7.16. The van der Waals surface area contributed by atoms with Crippen LogP contribution in [-0.2, 0) is 0 Å². The molecule has 1 aliphatic heterocycles. The average molecular weight is 307 g/mol. The van der Waals surface area contributed by atoms with Crippen LogP contribution in [0.5, 0.6) is 0 Å². The Labute approximate surface area is 128 Å². The molecule has 2 aromatic rings. The summed E-state index contributed by atoms with van der Waals surface area (Å²) in [6.45, 7) is 4.17. The molecule has 6 nitrogen and oxygen atoms in total. The summed E-state index contributed by atoms with van der Waals surface area (Å²) in [6, 6.07) is 0.799. The molecule has 0 radical (unpaired) electrons. The molecule has 1 N–H and O–H groups in total. The molecule has 0 bridgehead atoms. The third-order valence-electron chi connectivity index (χ3n) is 4.69. The third-order valence-corrected chi connectivity index (χ3v) is 4.86. The van der Waals surface area contributed by atoms with E-state index in [1.807, 2.05) is 0 Å². The Morgan fingerprint density at radius 1 is 1.10 bits per heavy atom. The lowest BCUT2D eigenvalue weighted by atomic mass is 10.2. The van der Waals surface area contributed by atoms with Crippen LogP contribution in [0.15, 0.2) is 6.33 Å². The zero-order valence-corrected chi connectivity index (χ0v) is 12.7. The molecule has 2 fully saturated rings. The number of imidazole rings is 1. The normalized spacial score (nSPS) is 21.5. The van der Waals surface area contributed by atoms with Crippen molar-refractivity contribution in [2.75, 3.05) is 31.1 Å². The molecule has 2 aromatic heterocycles. The van der Waals surface area contributed by atoms with Crippen LogP contribution in [0.3, 0.4) is 0 Å². The summed E-state index contributed by atoms with van der Waals surface area (Å²) < 4.78 is 0. The van der Waals surface area contributed by atoms with Crippen molar-refractivity contribution in [2.24, 2.45) is 0 Å². The van der Waals surface area contributed by atoms with Gasteiger partial charge in [0, 0.05) is 32.2 Å². The first kappa shape index (κ1) is 13.3. The number of hydrogen-bond donors (Lipinski definition) is 1. The number of nitrogens with zero attached hydrogens (tertiary/aromatic N) is 5. The van der Waals surface area contributed by atoms with E-state index in [1.54, 1.807) is 6.33 Å². The molecule has 2 aliphatic rings. The first-order valence-electron chi connectivity index (χ1n) is 7.67. The van der Waals surface area contributed by atoms with E-state index in [4.69, 9.17) is 11.6 Å². The Balaban J connectivity index is 1.53. The van der Waals surface area contributed by atoms with E-state index >= 15 is 0 Å². The maximum atomic E-state index is 6.02. The SMILES string of the molecule is Clc1nc(N2CCN(C3CCCC3)CC2)c2[nH]cnc2n1. The molecule has 0 aromatic carbocycles. The second-order valence-corrected chi connectivity index (χ2v) is 6.22. The summed E-state index contributed by atoms with van der Waals surface area (Å²) in [7, 11) is 0. The first-order valence-corrected chi connectivity index (χ1v) is 8.05. The van der Waals surface area contributed by atoms with Crippen LogP contribution in [0.4, 0.5) is 5.82 Å². The molecule has 0 amide bonds. The van der Waals surface area contributed by atoms with Crippen molar-refractivity contribution in [1.82, 2.24) is 24.8 Å². The maximum Gasteiger partial charge on any atom is 0.226 e. The van der Waals surface area contributed by atoms with Crippen molar-refractivity contribution in [3.8, 4) is 0 Å². The van der Waals surface area contributed by atoms with E-state index in [0.29, 0.717) is 5.65 Å². The Kier molecular flexibility index (Phi) is 3.43. The number of aromatic nitrogens is 4. The molecule has 1 saturated heterocycles. The molecule has 21 heavy (non-hydrogen) atoms. The maximum absolute atomic E-state index is 6.02. The molecule has 1 aliphatic carbocycles. The van der Waals surface area contributed by atoms with Gasteiger partial charge in [-0.25, -0.2) is 4.98 Å². The van der Waals surface area contributed by atoms with Gasteiger partial charge in [0.05, 0.1) is 6.33 Å². The van der Waals surface area contributed by atoms with Gasteiger partial charge in [0.15, 0.2) is 11.5 Å². The zero-order valence-electron chi connectivity index (χ0n) is 11.9. The molecule has 3 heterocycles. The number of nitrogens with one attached hydrogen (secondary N) is 1. The van der Waals surface area contributed by atoms with Crippen molar-refractivity contribution < 1.29 is 0 Å². The van der Waals surface area contributed by atoms with Gasteiger partial charge >= 0.3 is 0 Å². The van der Waals surface area contributed by atoms with Crippen molar-refractivity contribution >= 4 is 28.6 Å². The van der Waals surface area contributed by atoms with Crippen molar-refractivity contribution in [3.05, 3.63) is 11.6 Å². The number of halogens is 1. The highest BCUT2D eigenvalue weighted by Crippen LogP contribution is 2.27. The van der Waals surface area contributed by atoms with Gasteiger partial charge in [-0.2, -0.15) is 9.97 Å². The molecule has 112 valence electrons. The van der Waals surface area contributed by atoms with Crippen LogP contribution in [0.1, 0.15) is 25.7 Å². The van der Waals surface area contributed by atoms with Crippen molar-refractivity contribution in [3.63, 3.8) is 0 Å².